The Hall–Kier alpha value is -0.590. The Kier molecular flexibility index (Phi) is 2.94. The molecule has 1 rings (SSSR count). The van der Waals surface area contributed by atoms with Crippen LogP contribution < -0.4 is 0 Å². The van der Waals surface area contributed by atoms with Gasteiger partial charge in [0.2, 0.25) is 5.78 Å². The lowest BCUT2D eigenvalue weighted by molar-refractivity contribution is 0.0627. The van der Waals surface area contributed by atoms with Crippen LogP contribution in [0.5, 0.6) is 0 Å². The third kappa shape index (κ3) is 2.68. The van der Waals surface area contributed by atoms with Gasteiger partial charge >= 0.3 is 3.93 Å². The molecule has 0 saturated carbocycles. The van der Waals surface area contributed by atoms with Crippen LogP contribution in [-0.4, -0.2) is 9.71 Å². The van der Waals surface area contributed by atoms with Gasteiger partial charge in [0.1, 0.15) is 5.82 Å². The zero-order valence-corrected chi connectivity index (χ0v) is 8.39. The van der Waals surface area contributed by atoms with Gasteiger partial charge in [0.25, 0.3) is 0 Å². The molecule has 0 N–H and O–H groups in total. The van der Waals surface area contributed by atoms with Gasteiger partial charge in [-0.25, -0.2) is 4.39 Å². The third-order valence-corrected chi connectivity index (χ3v) is 1.85. The number of alkyl halides is 3. The predicted octanol–water partition coefficient (Wildman–Crippen LogP) is 3.04. The topological polar surface area (TPSA) is 17.1 Å². The van der Waals surface area contributed by atoms with Crippen molar-refractivity contribution in [2.24, 2.45) is 0 Å². The molecule has 1 aromatic rings. The van der Waals surface area contributed by atoms with Crippen molar-refractivity contribution in [1.82, 2.24) is 0 Å². The van der Waals surface area contributed by atoms with E-state index in [-0.39, 0.29) is 5.56 Å². The van der Waals surface area contributed by atoms with Crippen LogP contribution in [0.15, 0.2) is 24.3 Å². The summed E-state index contributed by atoms with van der Waals surface area (Å²) in [6.07, 6.45) is 0. The lowest BCUT2D eigenvalue weighted by Crippen LogP contribution is -2.20. The Labute approximate surface area is 86.1 Å². The van der Waals surface area contributed by atoms with Crippen molar-refractivity contribution in [2.75, 3.05) is 0 Å². The van der Waals surface area contributed by atoms with Gasteiger partial charge in [-0.3, -0.25) is 4.79 Å². The number of ketones is 1. The maximum Gasteiger partial charge on any atom is 0.357 e. The largest absolute Gasteiger partial charge is 0.357 e. The zero-order chi connectivity index (χ0) is 10.1. The molecule has 0 unspecified atom stereocenters. The number of benzene rings is 1. The van der Waals surface area contributed by atoms with Gasteiger partial charge in [0.15, 0.2) is 0 Å². The minimum absolute atomic E-state index is 0.194. The summed E-state index contributed by atoms with van der Waals surface area (Å²) in [4.78, 5) is 10.9. The van der Waals surface area contributed by atoms with E-state index in [1.807, 2.05) is 0 Å². The quantitative estimate of drug-likeness (QED) is 0.466. The van der Waals surface area contributed by atoms with E-state index < -0.39 is 15.5 Å². The van der Waals surface area contributed by atoms with Gasteiger partial charge < -0.3 is 0 Å². The Morgan fingerprint density at radius 3 is 2.08 bits per heavy atom. The van der Waals surface area contributed by atoms with Crippen LogP contribution in [-0.2, 0) is 0 Å². The van der Waals surface area contributed by atoms with E-state index in [0.717, 1.165) is 46.9 Å². The summed E-state index contributed by atoms with van der Waals surface area (Å²) in [5.41, 5.74) is -0.194. The van der Waals surface area contributed by atoms with Gasteiger partial charge in [-0.1, -0.05) is 0 Å². The molecular formula is C8H4F3IO. The summed E-state index contributed by atoms with van der Waals surface area (Å²) < 4.78 is 33.8. The maximum atomic E-state index is 12.4. The van der Waals surface area contributed by atoms with E-state index in [9.17, 15) is 18.0 Å². The molecule has 13 heavy (non-hydrogen) atoms. The van der Waals surface area contributed by atoms with E-state index in [1.165, 1.54) is 0 Å². The summed E-state index contributed by atoms with van der Waals surface area (Å²) in [6.45, 7) is 0. The average molecular weight is 300 g/mol. The van der Waals surface area contributed by atoms with Gasteiger partial charge in [0, 0.05) is 28.2 Å². The molecule has 0 bridgehead atoms. The molecular weight excluding hydrogens is 296 g/mol. The number of carbonyl (C=O) groups excluding carboxylic acids is 1. The molecule has 0 spiro atoms. The van der Waals surface area contributed by atoms with Crippen LogP contribution >= 0.6 is 22.6 Å². The number of rotatable bonds is 2. The lowest BCUT2D eigenvalue weighted by atomic mass is 10.1. The number of hydrogen-bond acceptors (Lipinski definition) is 1. The summed E-state index contributed by atoms with van der Waals surface area (Å²) in [5, 5.41) is 0. The second-order valence-corrected chi connectivity index (χ2v) is 3.69. The van der Waals surface area contributed by atoms with Crippen molar-refractivity contribution in [2.45, 2.75) is 3.93 Å². The number of Topliss-reactive ketones (excluding diaryl/α,β-unsaturated/α-hetero) is 1. The summed E-state index contributed by atoms with van der Waals surface area (Å²) in [5.74, 6) is -1.87. The molecule has 70 valence electrons. The van der Waals surface area contributed by atoms with Crippen molar-refractivity contribution in [3.8, 4) is 0 Å². The van der Waals surface area contributed by atoms with E-state index in [1.54, 1.807) is 0 Å². The van der Waals surface area contributed by atoms with Crippen molar-refractivity contribution >= 4 is 28.4 Å². The predicted molar refractivity (Wildman–Crippen MR) is 49.7 cm³/mol. The van der Waals surface area contributed by atoms with Crippen molar-refractivity contribution in [3.63, 3.8) is 0 Å². The standard InChI is InChI=1S/C8H4F3IO/c9-6-3-1-5(2-4-6)7(13)8(10,11)12/h1-4H. The fourth-order valence-electron chi connectivity index (χ4n) is 0.765. The monoisotopic (exact) mass is 300 g/mol. The van der Waals surface area contributed by atoms with Crippen molar-refractivity contribution in [1.29, 1.82) is 0 Å². The highest BCUT2D eigenvalue weighted by atomic mass is 127. The molecule has 0 atom stereocenters. The van der Waals surface area contributed by atoms with Gasteiger partial charge in [-0.05, 0) is 24.3 Å². The molecule has 0 heterocycles. The second kappa shape index (κ2) is 3.65. The highest BCUT2D eigenvalue weighted by Gasteiger charge is 2.35. The molecule has 0 aromatic heterocycles. The minimum Gasteiger partial charge on any atom is -0.286 e. The molecule has 0 aliphatic rings. The minimum atomic E-state index is -3.43. The molecule has 0 saturated heterocycles. The summed E-state index contributed by atoms with van der Waals surface area (Å²) in [7, 11) is 0. The van der Waals surface area contributed by atoms with Crippen LogP contribution in [0.4, 0.5) is 13.2 Å². The molecule has 0 fully saturated rings. The van der Waals surface area contributed by atoms with Gasteiger partial charge in [-0.2, -0.15) is 8.78 Å². The van der Waals surface area contributed by atoms with Crippen LogP contribution in [0.2, 0.25) is 0 Å². The second-order valence-electron chi connectivity index (χ2n) is 2.33. The molecule has 5 heteroatoms. The highest BCUT2D eigenvalue weighted by molar-refractivity contribution is 14.1. The smallest absolute Gasteiger partial charge is 0.286 e. The lowest BCUT2D eigenvalue weighted by Gasteiger charge is -2.06. The Morgan fingerprint density at radius 1 is 1.23 bits per heavy atom. The number of halogens is 4. The molecule has 1 aromatic carbocycles. The fraction of sp³-hybridized carbons (Fsp3) is 0.125. The molecule has 1 nitrogen and oxygen atoms in total. The van der Waals surface area contributed by atoms with Crippen LogP contribution in [0.1, 0.15) is 10.4 Å². The van der Waals surface area contributed by atoms with E-state index >= 15 is 0 Å². The number of hydrogen-bond donors (Lipinski definition) is 0. The Bertz CT molecular complexity index is 315. The van der Waals surface area contributed by atoms with E-state index in [2.05, 4.69) is 0 Å². The maximum absolute atomic E-state index is 12.4. The Morgan fingerprint density at radius 2 is 1.69 bits per heavy atom. The average Bonchev–Trinajstić information content (AvgIpc) is 2.03. The first-order chi connectivity index (χ1) is 5.91. The first-order valence-corrected chi connectivity index (χ1v) is 4.36. The first kappa shape index (κ1) is 10.5. The van der Waals surface area contributed by atoms with Gasteiger partial charge in [-0.15, -0.1) is 0 Å². The van der Waals surface area contributed by atoms with Crippen LogP contribution in [0.25, 0.3) is 0 Å². The fourth-order valence-corrected chi connectivity index (χ4v) is 1.08. The molecule has 0 amide bonds. The molecule has 0 aliphatic carbocycles. The Balaban J connectivity index is 2.97. The molecule has 0 aliphatic heterocycles. The summed E-state index contributed by atoms with van der Waals surface area (Å²) in [6, 6.07) is 4.00. The van der Waals surface area contributed by atoms with Crippen molar-refractivity contribution in [3.05, 3.63) is 35.6 Å². The third-order valence-electron chi connectivity index (χ3n) is 1.36. The molecule has 0 radical (unpaired) electrons. The van der Waals surface area contributed by atoms with E-state index in [0.29, 0.717) is 0 Å². The first-order valence-electron chi connectivity index (χ1n) is 3.28. The van der Waals surface area contributed by atoms with E-state index in [4.69, 9.17) is 0 Å². The van der Waals surface area contributed by atoms with Crippen LogP contribution in [0, 0.1) is 5.82 Å². The highest BCUT2D eigenvalue weighted by Crippen LogP contribution is 2.27. The van der Waals surface area contributed by atoms with Gasteiger partial charge in [0.05, 0.1) is 0 Å². The SMILES string of the molecule is O=C(c1ccc(F)cc1)C(F)(F)I. The van der Waals surface area contributed by atoms with Crippen molar-refractivity contribution < 1.29 is 18.0 Å². The van der Waals surface area contributed by atoms with Crippen LogP contribution in [0.3, 0.4) is 0 Å². The number of carbonyl (C=O) groups is 1. The normalized spacial score (nSPS) is 11.4. The zero-order valence-electron chi connectivity index (χ0n) is 6.23. The summed E-state index contributed by atoms with van der Waals surface area (Å²) >= 11 is 0.738.